The molecule has 0 aromatic rings. The maximum atomic E-state index is 12.3. The predicted octanol–water partition coefficient (Wildman–Crippen LogP) is 3.77. The van der Waals surface area contributed by atoms with Gasteiger partial charge in [0.25, 0.3) is 0 Å². The summed E-state index contributed by atoms with van der Waals surface area (Å²) in [7, 11) is 0. The van der Waals surface area contributed by atoms with Crippen molar-refractivity contribution in [1.82, 2.24) is 10.6 Å². The SMILES string of the molecule is C=CC(=O)CCCCCCC(COCCCCC(=O)C=C)(COCCCNC(=O)C=C)NC(=O)C=C. The van der Waals surface area contributed by atoms with Gasteiger partial charge in [0.15, 0.2) is 11.6 Å². The number of carbonyl (C=O) groups is 4. The third-order valence-corrected chi connectivity index (χ3v) is 5.53. The molecule has 8 nitrogen and oxygen atoms in total. The van der Waals surface area contributed by atoms with Gasteiger partial charge in [0.2, 0.25) is 11.8 Å². The summed E-state index contributed by atoms with van der Waals surface area (Å²) in [6.45, 7) is 15.7. The summed E-state index contributed by atoms with van der Waals surface area (Å²) in [6.07, 6.45) is 12.1. The zero-order chi connectivity index (χ0) is 27.1. The van der Waals surface area contributed by atoms with Gasteiger partial charge in [-0.25, -0.2) is 0 Å². The Balaban J connectivity index is 4.93. The average Bonchev–Trinajstić information content (AvgIpc) is 2.89. The van der Waals surface area contributed by atoms with Gasteiger partial charge in [0.1, 0.15) is 0 Å². The van der Waals surface area contributed by atoms with Crippen molar-refractivity contribution < 1.29 is 28.7 Å². The first-order chi connectivity index (χ1) is 17.3. The second-order valence-electron chi connectivity index (χ2n) is 8.64. The molecule has 0 saturated heterocycles. The highest BCUT2D eigenvalue weighted by molar-refractivity contribution is 5.89. The minimum atomic E-state index is -0.747. The van der Waals surface area contributed by atoms with Crippen LogP contribution in [0.25, 0.3) is 0 Å². The van der Waals surface area contributed by atoms with E-state index in [0.29, 0.717) is 58.3 Å². The molecule has 36 heavy (non-hydrogen) atoms. The number of unbranched alkanes of at least 4 members (excludes halogenated alkanes) is 4. The zero-order valence-electron chi connectivity index (χ0n) is 21.7. The molecule has 202 valence electrons. The zero-order valence-corrected chi connectivity index (χ0v) is 21.7. The third-order valence-electron chi connectivity index (χ3n) is 5.53. The van der Waals surface area contributed by atoms with E-state index in [0.717, 1.165) is 25.7 Å². The molecule has 0 aromatic heterocycles. The highest BCUT2D eigenvalue weighted by atomic mass is 16.5. The summed E-state index contributed by atoms with van der Waals surface area (Å²) in [5, 5.41) is 5.71. The first-order valence-electron chi connectivity index (χ1n) is 12.6. The van der Waals surface area contributed by atoms with Crippen LogP contribution in [0.2, 0.25) is 0 Å². The molecule has 0 saturated carbocycles. The number of allylic oxidation sites excluding steroid dienone is 2. The summed E-state index contributed by atoms with van der Waals surface area (Å²) in [4.78, 5) is 46.3. The number of ketones is 2. The Morgan fingerprint density at radius 1 is 0.639 bits per heavy atom. The van der Waals surface area contributed by atoms with E-state index in [4.69, 9.17) is 9.47 Å². The van der Waals surface area contributed by atoms with Gasteiger partial charge in [-0.2, -0.15) is 0 Å². The minimum absolute atomic E-state index is 0.00932. The van der Waals surface area contributed by atoms with Crippen LogP contribution >= 0.6 is 0 Å². The maximum absolute atomic E-state index is 12.3. The fraction of sp³-hybridized carbons (Fsp3) is 0.571. The summed E-state index contributed by atoms with van der Waals surface area (Å²) in [5.41, 5.74) is -0.747. The highest BCUT2D eigenvalue weighted by Crippen LogP contribution is 2.19. The lowest BCUT2D eigenvalue weighted by molar-refractivity contribution is -0.121. The lowest BCUT2D eigenvalue weighted by Crippen LogP contribution is -2.55. The normalized spacial score (nSPS) is 12.1. The van der Waals surface area contributed by atoms with Crippen molar-refractivity contribution in [2.24, 2.45) is 0 Å². The molecule has 1 unspecified atom stereocenters. The Hall–Kier alpha value is -2.84. The van der Waals surface area contributed by atoms with Gasteiger partial charge >= 0.3 is 0 Å². The van der Waals surface area contributed by atoms with Crippen molar-refractivity contribution in [2.75, 3.05) is 33.0 Å². The van der Waals surface area contributed by atoms with Crippen LogP contribution in [-0.2, 0) is 28.7 Å². The van der Waals surface area contributed by atoms with Gasteiger partial charge in [0.05, 0.1) is 18.8 Å². The van der Waals surface area contributed by atoms with Crippen LogP contribution in [0.4, 0.5) is 0 Å². The molecule has 2 amide bonds. The Bertz CT molecular complexity index is 653. The minimum Gasteiger partial charge on any atom is -0.379 e. The van der Waals surface area contributed by atoms with E-state index < -0.39 is 5.54 Å². The quantitative estimate of drug-likeness (QED) is 0.145. The van der Waals surface area contributed by atoms with Gasteiger partial charge in [-0.15, -0.1) is 0 Å². The molecule has 0 radical (unpaired) electrons. The van der Waals surface area contributed by atoms with Gasteiger partial charge in [0, 0.05) is 32.6 Å². The Kier molecular flexibility index (Phi) is 19.8. The first-order valence-corrected chi connectivity index (χ1v) is 12.6. The molecule has 0 aliphatic carbocycles. The molecule has 0 fully saturated rings. The second-order valence-corrected chi connectivity index (χ2v) is 8.64. The Labute approximate surface area is 216 Å². The van der Waals surface area contributed by atoms with Crippen molar-refractivity contribution >= 4 is 23.4 Å². The molecular formula is C28H44N2O6. The molecule has 1 atom stereocenters. The highest BCUT2D eigenvalue weighted by Gasteiger charge is 2.32. The van der Waals surface area contributed by atoms with Crippen LogP contribution in [0.15, 0.2) is 50.6 Å². The lowest BCUT2D eigenvalue weighted by Gasteiger charge is -2.34. The average molecular weight is 505 g/mol. The van der Waals surface area contributed by atoms with Crippen LogP contribution < -0.4 is 10.6 Å². The van der Waals surface area contributed by atoms with E-state index in [1.165, 1.54) is 24.3 Å². The second kappa shape index (κ2) is 21.4. The smallest absolute Gasteiger partial charge is 0.243 e. The monoisotopic (exact) mass is 504 g/mol. The molecule has 8 heteroatoms. The van der Waals surface area contributed by atoms with Gasteiger partial charge in [-0.05, 0) is 56.4 Å². The Morgan fingerprint density at radius 3 is 1.72 bits per heavy atom. The maximum Gasteiger partial charge on any atom is 0.243 e. The predicted molar refractivity (Wildman–Crippen MR) is 142 cm³/mol. The van der Waals surface area contributed by atoms with Crippen molar-refractivity contribution in [3.05, 3.63) is 50.6 Å². The van der Waals surface area contributed by atoms with Crippen LogP contribution in [0.5, 0.6) is 0 Å². The number of carbonyl (C=O) groups excluding carboxylic acids is 4. The summed E-state index contributed by atoms with van der Waals surface area (Å²) in [6, 6.07) is 0. The molecule has 2 N–H and O–H groups in total. The van der Waals surface area contributed by atoms with E-state index in [2.05, 4.69) is 36.9 Å². The van der Waals surface area contributed by atoms with Crippen molar-refractivity contribution in [3.63, 3.8) is 0 Å². The van der Waals surface area contributed by atoms with Crippen LogP contribution in [0.3, 0.4) is 0 Å². The standard InChI is InChI=1S/C28H44N2O6/c1-5-24(31)16-11-9-10-13-18-28(30-27(34)8-4,22-35-20-14-12-17-25(32)6-2)23-36-21-15-19-29-26(33)7-3/h5-8H,1-4,9-23H2,(H,29,33)(H,30,34). The van der Waals surface area contributed by atoms with Gasteiger partial charge in [-0.3, -0.25) is 19.2 Å². The van der Waals surface area contributed by atoms with Crippen LogP contribution in [0, 0.1) is 0 Å². The largest absolute Gasteiger partial charge is 0.379 e. The van der Waals surface area contributed by atoms with Gasteiger partial charge in [-0.1, -0.05) is 45.6 Å². The number of hydrogen-bond acceptors (Lipinski definition) is 6. The van der Waals surface area contributed by atoms with E-state index in [9.17, 15) is 19.2 Å². The molecule has 0 rings (SSSR count). The van der Waals surface area contributed by atoms with E-state index in [1.807, 2.05) is 0 Å². The van der Waals surface area contributed by atoms with E-state index in [-0.39, 0.29) is 36.6 Å². The number of amides is 2. The molecule has 0 spiro atoms. The molecule has 0 aliphatic rings. The lowest BCUT2D eigenvalue weighted by atomic mass is 9.92. The third kappa shape index (κ3) is 17.6. The topological polar surface area (TPSA) is 111 Å². The number of nitrogens with one attached hydrogen (secondary N) is 2. The number of hydrogen-bond donors (Lipinski definition) is 2. The summed E-state index contributed by atoms with van der Waals surface area (Å²) < 4.78 is 11.8. The summed E-state index contributed by atoms with van der Waals surface area (Å²) in [5.74, 6) is -0.493. The van der Waals surface area contributed by atoms with E-state index >= 15 is 0 Å². The van der Waals surface area contributed by atoms with Crippen LogP contribution in [-0.4, -0.2) is 61.9 Å². The Morgan fingerprint density at radius 2 is 1.17 bits per heavy atom. The van der Waals surface area contributed by atoms with Crippen molar-refractivity contribution in [3.8, 4) is 0 Å². The number of ether oxygens (including phenoxy) is 2. The molecule has 0 aliphatic heterocycles. The molecule has 0 heterocycles. The molecule has 0 aromatic carbocycles. The first kappa shape index (κ1) is 33.2. The fourth-order valence-electron chi connectivity index (χ4n) is 3.45. The summed E-state index contributed by atoms with van der Waals surface area (Å²) >= 11 is 0. The van der Waals surface area contributed by atoms with Gasteiger partial charge < -0.3 is 20.1 Å². The number of rotatable bonds is 25. The van der Waals surface area contributed by atoms with Crippen LogP contribution in [0.1, 0.15) is 64.2 Å². The molecular weight excluding hydrogens is 460 g/mol. The fourth-order valence-corrected chi connectivity index (χ4v) is 3.45. The molecule has 0 bridgehead atoms. The van der Waals surface area contributed by atoms with Crippen molar-refractivity contribution in [2.45, 2.75) is 69.7 Å². The van der Waals surface area contributed by atoms with Crippen molar-refractivity contribution in [1.29, 1.82) is 0 Å². The van der Waals surface area contributed by atoms with E-state index in [1.54, 1.807) is 0 Å².